The van der Waals surface area contributed by atoms with Crippen LogP contribution in [0.5, 0.6) is 5.75 Å². The topological polar surface area (TPSA) is 87.9 Å². The summed E-state index contributed by atoms with van der Waals surface area (Å²) in [4.78, 5) is 38.6. The Bertz CT molecular complexity index is 1190. The highest BCUT2D eigenvalue weighted by Gasteiger charge is 2.46. The Hall–Kier alpha value is -3.51. The monoisotopic (exact) mass is 471 g/mol. The van der Waals surface area contributed by atoms with Crippen molar-refractivity contribution in [1.82, 2.24) is 0 Å². The third kappa shape index (κ3) is 4.58. The first kappa shape index (κ1) is 23.2. The van der Waals surface area contributed by atoms with E-state index in [4.69, 9.17) is 4.74 Å². The highest BCUT2D eigenvalue weighted by Crippen LogP contribution is 2.43. The van der Waals surface area contributed by atoms with Gasteiger partial charge in [-0.3, -0.25) is 14.5 Å². The van der Waals surface area contributed by atoms with Crippen LogP contribution in [0.3, 0.4) is 0 Å². The van der Waals surface area contributed by atoms with Crippen LogP contribution in [-0.4, -0.2) is 24.1 Å². The predicted octanol–water partition coefficient (Wildman–Crippen LogP) is 2.32. The van der Waals surface area contributed by atoms with Crippen LogP contribution in [-0.2, 0) is 21.0 Å². The first-order valence-electron chi connectivity index (χ1n) is 12.3. The second kappa shape index (κ2) is 9.62. The van der Waals surface area contributed by atoms with Gasteiger partial charge in [0.1, 0.15) is 30.3 Å². The summed E-state index contributed by atoms with van der Waals surface area (Å²) in [7, 11) is 0. The Kier molecular flexibility index (Phi) is 6.39. The molecule has 6 heteroatoms. The summed E-state index contributed by atoms with van der Waals surface area (Å²) in [5.41, 5.74) is 6.00. The number of hydrogen-bond acceptors (Lipinski definition) is 5. The van der Waals surface area contributed by atoms with Crippen molar-refractivity contribution in [3.63, 3.8) is 0 Å². The van der Waals surface area contributed by atoms with Crippen LogP contribution in [0.15, 0.2) is 71.1 Å². The van der Waals surface area contributed by atoms with Crippen LogP contribution < -0.4 is 14.7 Å². The molecule has 3 aliphatic rings. The highest BCUT2D eigenvalue weighted by atomic mass is 16.5. The van der Waals surface area contributed by atoms with Crippen molar-refractivity contribution in [3.8, 4) is 5.75 Å². The molecule has 0 fully saturated rings. The van der Waals surface area contributed by atoms with Crippen LogP contribution in [0.2, 0.25) is 0 Å². The number of Topliss-reactive ketones (excluding diaryl/α,β-unsaturated/α-hetero) is 2. The number of hydrogen-bond donors (Lipinski definition) is 1. The standard InChI is InChI=1S/C29H29NO5/c1-18-8-10-19(11-9-18)17-35-21-14-12-20(13-15-21)27-28-22(4-2-6-24(28)31)30(16-26(33)34)23-5-3-7-25(32)29(23)27/h8-15,27H,2-7,16-17H2,1H3,(H,33,34). The third-order valence-electron chi connectivity index (χ3n) is 7.28. The average molecular weight is 472 g/mol. The van der Waals surface area contributed by atoms with Crippen molar-refractivity contribution in [2.75, 3.05) is 6.54 Å². The van der Waals surface area contributed by atoms with E-state index in [0.29, 0.717) is 66.9 Å². The third-order valence-corrected chi connectivity index (χ3v) is 7.28. The Balaban J connectivity index is 1.49. The molecule has 0 spiro atoms. The van der Waals surface area contributed by atoms with Gasteiger partial charge in [-0.05, 0) is 43.0 Å². The van der Waals surface area contributed by atoms with Gasteiger partial charge in [0.2, 0.25) is 0 Å². The summed E-state index contributed by atoms with van der Waals surface area (Å²) in [6.07, 6.45) is 3.54. The van der Waals surface area contributed by atoms with Gasteiger partial charge in [-0.15, -0.1) is 0 Å². The summed E-state index contributed by atoms with van der Waals surface area (Å²) in [5.74, 6) is -0.892. The fourth-order valence-corrected chi connectivity index (χ4v) is 5.65. The molecule has 6 nitrogen and oxygen atoms in total. The number of rotatable bonds is 6. The summed E-state index contributed by atoms with van der Waals surface area (Å²) >= 11 is 0. The minimum atomic E-state index is -1.18. The fourth-order valence-electron chi connectivity index (χ4n) is 5.65. The molecule has 0 bridgehead atoms. The fraction of sp³-hybridized carbons (Fsp3) is 0.345. The number of aliphatic carboxylic acids is 1. The van der Waals surface area contributed by atoms with Crippen molar-refractivity contribution in [1.29, 1.82) is 0 Å². The molecule has 35 heavy (non-hydrogen) atoms. The van der Waals surface area contributed by atoms with Crippen LogP contribution in [0.4, 0.5) is 0 Å². The highest BCUT2D eigenvalue weighted by molar-refractivity contribution is 6.05. The number of carboxylic acid groups (broad SMARTS) is 1. The second-order valence-electron chi connectivity index (χ2n) is 9.64. The molecule has 0 radical (unpaired) electrons. The molecule has 1 aliphatic heterocycles. The van der Waals surface area contributed by atoms with Gasteiger partial charge >= 0.3 is 0 Å². The van der Waals surface area contributed by atoms with Crippen molar-refractivity contribution >= 4 is 17.5 Å². The normalized spacial score (nSPS) is 22.1. The zero-order valence-corrected chi connectivity index (χ0v) is 19.9. The molecule has 2 aromatic carbocycles. The Morgan fingerprint density at radius 2 is 1.46 bits per heavy atom. The number of carboxylic acids is 1. The first-order valence-corrected chi connectivity index (χ1v) is 12.3. The maximum absolute atomic E-state index is 13.2. The summed E-state index contributed by atoms with van der Waals surface area (Å²) in [6.45, 7) is 2.24. The predicted molar refractivity (Wildman–Crippen MR) is 127 cm³/mol. The number of carbonyl (C=O) groups is 3. The zero-order chi connectivity index (χ0) is 24.5. The largest absolute Gasteiger partial charge is 0.544 e. The summed E-state index contributed by atoms with van der Waals surface area (Å²) in [6, 6.07) is 15.8. The van der Waals surface area contributed by atoms with Gasteiger partial charge in [0.05, 0.1) is 23.0 Å². The molecule has 0 amide bonds. The molecule has 0 saturated heterocycles. The van der Waals surface area contributed by atoms with Crippen LogP contribution in [0.1, 0.15) is 61.1 Å². The van der Waals surface area contributed by atoms with E-state index in [2.05, 4.69) is 12.1 Å². The van der Waals surface area contributed by atoms with Crippen molar-refractivity contribution < 1.29 is 29.1 Å². The van der Waals surface area contributed by atoms with E-state index in [1.165, 1.54) is 5.56 Å². The Morgan fingerprint density at radius 1 is 0.886 bits per heavy atom. The molecule has 0 unspecified atom stereocenters. The Labute approximate surface area is 204 Å². The SMILES string of the molecule is Cc1ccc(COc2ccc(C3C4=C(CCCC4=O)[NH+](CC(=O)[O-])C4=C3C(=O)CCC4)cc2)cc1. The molecule has 1 N–H and O–H groups in total. The Morgan fingerprint density at radius 3 is 2.00 bits per heavy atom. The minimum absolute atomic E-state index is 0.0109. The molecule has 5 rings (SSSR count). The van der Waals surface area contributed by atoms with Crippen molar-refractivity contribution in [2.45, 2.75) is 58.0 Å². The van der Waals surface area contributed by atoms with Gasteiger partial charge in [-0.1, -0.05) is 42.0 Å². The second-order valence-corrected chi connectivity index (χ2v) is 9.64. The molecule has 2 aromatic rings. The molecule has 0 atom stereocenters. The lowest BCUT2D eigenvalue weighted by atomic mass is 9.71. The number of benzene rings is 2. The molecule has 0 aromatic heterocycles. The number of ether oxygens (including phenoxy) is 1. The van der Waals surface area contributed by atoms with E-state index in [9.17, 15) is 19.5 Å². The van der Waals surface area contributed by atoms with Gasteiger partial charge < -0.3 is 14.6 Å². The lowest BCUT2D eigenvalue weighted by molar-refractivity contribution is -0.819. The molecule has 0 saturated carbocycles. The molecule has 2 aliphatic carbocycles. The molecule has 180 valence electrons. The van der Waals surface area contributed by atoms with E-state index in [1.807, 2.05) is 43.3 Å². The zero-order valence-electron chi connectivity index (χ0n) is 19.9. The van der Waals surface area contributed by atoms with Crippen molar-refractivity contribution in [3.05, 3.63) is 87.8 Å². The van der Waals surface area contributed by atoms with Gasteiger partial charge in [0.25, 0.3) is 0 Å². The maximum atomic E-state index is 13.2. The van der Waals surface area contributed by atoms with E-state index in [-0.39, 0.29) is 18.1 Å². The number of ketones is 2. The molecule has 1 heterocycles. The van der Waals surface area contributed by atoms with E-state index >= 15 is 0 Å². The quantitative estimate of drug-likeness (QED) is 0.699. The van der Waals surface area contributed by atoms with Crippen LogP contribution in [0, 0.1) is 6.92 Å². The molecular weight excluding hydrogens is 442 g/mol. The van der Waals surface area contributed by atoms with Gasteiger partial charge in [-0.25, -0.2) is 0 Å². The lowest BCUT2D eigenvalue weighted by Gasteiger charge is -2.39. The maximum Gasteiger partial charge on any atom is 0.165 e. The van der Waals surface area contributed by atoms with E-state index < -0.39 is 11.9 Å². The summed E-state index contributed by atoms with van der Waals surface area (Å²) in [5, 5.41) is 11.6. The van der Waals surface area contributed by atoms with Gasteiger partial charge in [0, 0.05) is 25.7 Å². The number of nitrogens with one attached hydrogen (secondary N) is 1. The van der Waals surface area contributed by atoms with Gasteiger partial charge in [0.15, 0.2) is 11.6 Å². The number of carbonyl (C=O) groups excluding carboxylic acids is 3. The van der Waals surface area contributed by atoms with Gasteiger partial charge in [-0.2, -0.15) is 0 Å². The molecular formula is C29H29NO5. The number of aryl methyl sites for hydroxylation is 1. The van der Waals surface area contributed by atoms with E-state index in [0.717, 1.165) is 22.5 Å². The smallest absolute Gasteiger partial charge is 0.165 e. The number of quaternary nitrogens is 1. The summed E-state index contributed by atoms with van der Waals surface area (Å²) < 4.78 is 5.96. The lowest BCUT2D eigenvalue weighted by Crippen LogP contribution is -3.11. The number of allylic oxidation sites excluding steroid dienone is 4. The van der Waals surface area contributed by atoms with E-state index in [1.54, 1.807) is 0 Å². The first-order chi connectivity index (χ1) is 16.9. The average Bonchev–Trinajstić information content (AvgIpc) is 2.85. The van der Waals surface area contributed by atoms with Crippen LogP contribution >= 0.6 is 0 Å². The minimum Gasteiger partial charge on any atom is -0.544 e. The van der Waals surface area contributed by atoms with Crippen molar-refractivity contribution in [2.24, 2.45) is 0 Å². The van der Waals surface area contributed by atoms with Crippen LogP contribution in [0.25, 0.3) is 0 Å².